The average Bonchev–Trinajstić information content (AvgIpc) is 2.42. The van der Waals surface area contributed by atoms with E-state index in [9.17, 15) is 0 Å². The molecule has 3 nitrogen and oxygen atoms in total. The molecule has 2 rings (SSSR count). The number of benzene rings is 1. The van der Waals surface area contributed by atoms with Gasteiger partial charge in [0.1, 0.15) is 0 Å². The van der Waals surface area contributed by atoms with Crippen LogP contribution in [0.4, 0.5) is 0 Å². The van der Waals surface area contributed by atoms with Gasteiger partial charge in [-0.2, -0.15) is 0 Å². The highest BCUT2D eigenvalue weighted by atomic mass is 32.2. The highest BCUT2D eigenvalue weighted by Gasteiger charge is 2.35. The van der Waals surface area contributed by atoms with Gasteiger partial charge in [0, 0.05) is 29.6 Å². The first kappa shape index (κ1) is 14.9. The number of thioether (sulfide) groups is 1. The number of hydrogen-bond acceptors (Lipinski definition) is 4. The molecule has 1 aliphatic heterocycles. The van der Waals surface area contributed by atoms with E-state index in [-0.39, 0.29) is 11.6 Å². The molecule has 1 aromatic carbocycles. The topological polar surface area (TPSA) is 38.5 Å². The van der Waals surface area contributed by atoms with Crippen molar-refractivity contribution in [2.45, 2.75) is 30.3 Å². The van der Waals surface area contributed by atoms with Crippen LogP contribution in [0.3, 0.4) is 0 Å². The summed E-state index contributed by atoms with van der Waals surface area (Å²) in [6.45, 7) is 7.60. The van der Waals surface area contributed by atoms with Crippen LogP contribution in [0.5, 0.6) is 0 Å². The second-order valence-corrected chi connectivity index (χ2v) is 6.46. The Hall–Kier alpha value is -0.550. The fourth-order valence-electron chi connectivity index (χ4n) is 2.72. The maximum absolute atomic E-state index is 6.04. The van der Waals surface area contributed by atoms with Gasteiger partial charge in [0.15, 0.2) is 0 Å². The Morgan fingerprint density at radius 2 is 2.05 bits per heavy atom. The molecule has 0 amide bonds. The van der Waals surface area contributed by atoms with Crippen LogP contribution in [0.1, 0.15) is 25.5 Å². The van der Waals surface area contributed by atoms with Crippen LogP contribution in [0.2, 0.25) is 0 Å². The van der Waals surface area contributed by atoms with Crippen LogP contribution in [-0.2, 0) is 4.74 Å². The summed E-state index contributed by atoms with van der Waals surface area (Å²) in [7, 11) is 0. The molecule has 0 aromatic heterocycles. The van der Waals surface area contributed by atoms with Crippen molar-refractivity contribution in [1.29, 1.82) is 0 Å². The first-order valence-corrected chi connectivity index (χ1v) is 7.99. The summed E-state index contributed by atoms with van der Waals surface area (Å²) in [4.78, 5) is 3.77. The number of rotatable bonds is 4. The zero-order valence-electron chi connectivity index (χ0n) is 12.1. The van der Waals surface area contributed by atoms with Crippen LogP contribution < -0.4 is 5.73 Å². The van der Waals surface area contributed by atoms with Gasteiger partial charge in [-0.05, 0) is 37.8 Å². The van der Waals surface area contributed by atoms with Crippen LogP contribution >= 0.6 is 11.8 Å². The lowest BCUT2D eigenvalue weighted by Crippen LogP contribution is -2.55. The third-order valence-electron chi connectivity index (χ3n) is 3.81. The van der Waals surface area contributed by atoms with Crippen molar-refractivity contribution in [2.75, 3.05) is 32.6 Å². The SMILES string of the molecule is CSc1ccc(C(CN)N2CCOCC2(C)C)cc1. The molecule has 0 aliphatic carbocycles. The molecule has 1 saturated heterocycles. The molecule has 1 heterocycles. The van der Waals surface area contributed by atoms with Gasteiger partial charge >= 0.3 is 0 Å². The lowest BCUT2D eigenvalue weighted by atomic mass is 9.96. The molecule has 1 atom stereocenters. The van der Waals surface area contributed by atoms with E-state index in [4.69, 9.17) is 10.5 Å². The number of nitrogens with zero attached hydrogens (tertiary/aromatic N) is 1. The van der Waals surface area contributed by atoms with E-state index >= 15 is 0 Å². The maximum atomic E-state index is 6.04. The average molecular weight is 280 g/mol. The summed E-state index contributed by atoms with van der Waals surface area (Å²) in [6, 6.07) is 9.03. The number of ether oxygens (including phenoxy) is 1. The van der Waals surface area contributed by atoms with E-state index in [0.29, 0.717) is 6.54 Å². The van der Waals surface area contributed by atoms with Gasteiger partial charge in [-0.25, -0.2) is 0 Å². The minimum absolute atomic E-state index is 0.0421. The normalized spacial score (nSPS) is 21.3. The maximum Gasteiger partial charge on any atom is 0.0645 e. The van der Waals surface area contributed by atoms with E-state index in [1.807, 2.05) is 0 Å². The van der Waals surface area contributed by atoms with Crippen molar-refractivity contribution in [3.05, 3.63) is 29.8 Å². The van der Waals surface area contributed by atoms with E-state index in [1.165, 1.54) is 10.5 Å². The van der Waals surface area contributed by atoms with Gasteiger partial charge in [-0.1, -0.05) is 12.1 Å². The van der Waals surface area contributed by atoms with Gasteiger partial charge in [0.2, 0.25) is 0 Å². The minimum atomic E-state index is 0.0421. The monoisotopic (exact) mass is 280 g/mol. The standard InChI is InChI=1S/C15H24N2OS/c1-15(2)11-18-9-8-17(15)14(10-16)12-4-6-13(19-3)7-5-12/h4-7,14H,8-11,16H2,1-3H3. The van der Waals surface area contributed by atoms with E-state index in [2.05, 4.69) is 49.3 Å². The van der Waals surface area contributed by atoms with Gasteiger partial charge in [0.25, 0.3) is 0 Å². The van der Waals surface area contributed by atoms with Crippen molar-refractivity contribution >= 4 is 11.8 Å². The van der Waals surface area contributed by atoms with Crippen molar-refractivity contribution in [3.8, 4) is 0 Å². The largest absolute Gasteiger partial charge is 0.378 e. The molecule has 1 fully saturated rings. The quantitative estimate of drug-likeness (QED) is 0.860. The molecule has 4 heteroatoms. The minimum Gasteiger partial charge on any atom is -0.378 e. The molecule has 0 saturated carbocycles. The Morgan fingerprint density at radius 3 is 2.58 bits per heavy atom. The van der Waals surface area contributed by atoms with Crippen LogP contribution in [0.25, 0.3) is 0 Å². The molecular weight excluding hydrogens is 256 g/mol. The van der Waals surface area contributed by atoms with Crippen molar-refractivity contribution < 1.29 is 4.74 Å². The molecule has 0 radical (unpaired) electrons. The lowest BCUT2D eigenvalue weighted by Gasteiger charge is -2.46. The van der Waals surface area contributed by atoms with Gasteiger partial charge in [-0.15, -0.1) is 11.8 Å². The van der Waals surface area contributed by atoms with Gasteiger partial charge in [0.05, 0.1) is 13.2 Å². The molecule has 19 heavy (non-hydrogen) atoms. The smallest absolute Gasteiger partial charge is 0.0645 e. The fraction of sp³-hybridized carbons (Fsp3) is 0.600. The van der Waals surface area contributed by atoms with Crippen LogP contribution in [0, 0.1) is 0 Å². The molecule has 0 bridgehead atoms. The zero-order chi connectivity index (χ0) is 13.9. The summed E-state index contributed by atoms with van der Waals surface area (Å²) in [5, 5.41) is 0. The van der Waals surface area contributed by atoms with Crippen LogP contribution in [0.15, 0.2) is 29.2 Å². The summed E-state index contributed by atoms with van der Waals surface area (Å²) in [5.74, 6) is 0. The van der Waals surface area contributed by atoms with Crippen molar-refractivity contribution in [2.24, 2.45) is 5.73 Å². The summed E-state index contributed by atoms with van der Waals surface area (Å²) in [5.41, 5.74) is 7.38. The Morgan fingerprint density at radius 1 is 1.37 bits per heavy atom. The third kappa shape index (κ3) is 3.31. The molecule has 1 unspecified atom stereocenters. The summed E-state index contributed by atoms with van der Waals surface area (Å²) in [6.07, 6.45) is 2.10. The second kappa shape index (κ2) is 6.27. The molecular formula is C15H24N2OS. The Kier molecular flexibility index (Phi) is 4.90. The third-order valence-corrected chi connectivity index (χ3v) is 4.55. The Labute approximate surface area is 120 Å². The first-order valence-electron chi connectivity index (χ1n) is 6.77. The molecule has 106 valence electrons. The molecule has 0 spiro atoms. The number of morpholine rings is 1. The molecule has 2 N–H and O–H groups in total. The molecule has 1 aliphatic rings. The highest BCUT2D eigenvalue weighted by Crippen LogP contribution is 2.30. The Bertz CT molecular complexity index is 405. The van der Waals surface area contributed by atoms with E-state index in [0.717, 1.165) is 19.8 Å². The van der Waals surface area contributed by atoms with Crippen LogP contribution in [-0.4, -0.2) is 43.0 Å². The number of nitrogens with two attached hydrogens (primary N) is 1. The second-order valence-electron chi connectivity index (χ2n) is 5.58. The van der Waals surface area contributed by atoms with E-state index < -0.39 is 0 Å². The van der Waals surface area contributed by atoms with Crippen molar-refractivity contribution in [3.63, 3.8) is 0 Å². The highest BCUT2D eigenvalue weighted by molar-refractivity contribution is 7.98. The zero-order valence-corrected chi connectivity index (χ0v) is 12.9. The predicted octanol–water partition coefficient (Wildman–Crippen LogP) is 2.52. The molecule has 1 aromatic rings. The van der Waals surface area contributed by atoms with E-state index in [1.54, 1.807) is 11.8 Å². The van der Waals surface area contributed by atoms with Crippen molar-refractivity contribution in [1.82, 2.24) is 4.90 Å². The fourth-order valence-corrected chi connectivity index (χ4v) is 3.13. The van der Waals surface area contributed by atoms with Gasteiger partial charge < -0.3 is 10.5 Å². The lowest BCUT2D eigenvalue weighted by molar-refractivity contribution is -0.0712. The first-order chi connectivity index (χ1) is 9.08. The predicted molar refractivity (Wildman–Crippen MR) is 81.6 cm³/mol. The summed E-state index contributed by atoms with van der Waals surface area (Å²) >= 11 is 1.77. The Balaban J connectivity index is 2.22. The number of hydrogen-bond donors (Lipinski definition) is 1. The van der Waals surface area contributed by atoms with Gasteiger partial charge in [-0.3, -0.25) is 4.90 Å². The summed E-state index contributed by atoms with van der Waals surface area (Å²) < 4.78 is 5.60.